The summed E-state index contributed by atoms with van der Waals surface area (Å²) in [5, 5.41) is 11.4. The van der Waals surface area contributed by atoms with E-state index in [4.69, 9.17) is 11.6 Å². The molecule has 1 fully saturated rings. The molecule has 0 spiro atoms. The van der Waals surface area contributed by atoms with E-state index < -0.39 is 5.54 Å². The lowest BCUT2D eigenvalue weighted by Crippen LogP contribution is -2.54. The Labute approximate surface area is 153 Å². The van der Waals surface area contributed by atoms with Gasteiger partial charge in [0.15, 0.2) is 0 Å². The van der Waals surface area contributed by atoms with Crippen molar-refractivity contribution in [1.82, 2.24) is 20.4 Å². The Morgan fingerprint density at radius 3 is 2.71 bits per heavy atom. The van der Waals surface area contributed by atoms with Crippen molar-refractivity contribution in [3.8, 4) is 0 Å². The van der Waals surface area contributed by atoms with Crippen molar-refractivity contribution in [3.05, 3.63) is 53.3 Å². The Balaban J connectivity index is 0.00000208. The number of carbonyl (C=O) groups is 1. The molecule has 1 aromatic heterocycles. The highest BCUT2D eigenvalue weighted by atomic mass is 35.5. The summed E-state index contributed by atoms with van der Waals surface area (Å²) in [5.41, 5.74) is 0.461. The molecule has 5 nitrogen and oxygen atoms in total. The highest BCUT2D eigenvalue weighted by Crippen LogP contribution is 2.27. The van der Waals surface area contributed by atoms with Gasteiger partial charge in [0, 0.05) is 24.0 Å². The Morgan fingerprint density at radius 2 is 2.04 bits per heavy atom. The molecule has 0 aliphatic carbocycles. The number of nitrogens with one attached hydrogen (secondary N) is 2. The minimum Gasteiger partial charge on any atom is -0.354 e. The minimum absolute atomic E-state index is 0. The molecule has 1 saturated heterocycles. The van der Waals surface area contributed by atoms with E-state index in [1.807, 2.05) is 36.5 Å². The molecule has 130 valence electrons. The second-order valence-electron chi connectivity index (χ2n) is 5.83. The first-order chi connectivity index (χ1) is 11.2. The normalized spacial score (nSPS) is 16.2. The topological polar surface area (TPSA) is 59.0 Å². The van der Waals surface area contributed by atoms with E-state index in [-0.39, 0.29) is 18.3 Å². The van der Waals surface area contributed by atoms with Gasteiger partial charge in [0.2, 0.25) is 5.91 Å². The summed E-state index contributed by atoms with van der Waals surface area (Å²) in [6.45, 7) is 2.20. The summed E-state index contributed by atoms with van der Waals surface area (Å²) >= 11 is 6.16. The molecule has 1 aliphatic heterocycles. The number of benzene rings is 1. The van der Waals surface area contributed by atoms with E-state index in [0.29, 0.717) is 6.54 Å². The average molecular weight is 369 g/mol. The summed E-state index contributed by atoms with van der Waals surface area (Å²) in [5.74, 6) is 0.0368. The minimum atomic E-state index is -0.588. The second-order valence-corrected chi connectivity index (χ2v) is 6.24. The number of aromatic nitrogens is 2. The van der Waals surface area contributed by atoms with Crippen molar-refractivity contribution >= 4 is 29.9 Å². The number of hydrogen-bond donors (Lipinski definition) is 2. The van der Waals surface area contributed by atoms with Gasteiger partial charge < -0.3 is 10.6 Å². The van der Waals surface area contributed by atoms with Gasteiger partial charge in [-0.25, -0.2) is 0 Å². The van der Waals surface area contributed by atoms with Crippen molar-refractivity contribution in [3.63, 3.8) is 0 Å². The lowest BCUT2D eigenvalue weighted by molar-refractivity contribution is -0.131. The molecule has 0 bridgehead atoms. The third-order valence-corrected chi connectivity index (χ3v) is 4.80. The fourth-order valence-corrected chi connectivity index (χ4v) is 3.33. The fourth-order valence-electron chi connectivity index (χ4n) is 3.10. The van der Waals surface area contributed by atoms with Crippen molar-refractivity contribution < 1.29 is 4.79 Å². The third kappa shape index (κ3) is 3.91. The van der Waals surface area contributed by atoms with Gasteiger partial charge in [-0.05, 0) is 50.0 Å². The number of hydrogen-bond acceptors (Lipinski definition) is 3. The van der Waals surface area contributed by atoms with Crippen LogP contribution < -0.4 is 10.6 Å². The molecule has 0 saturated carbocycles. The summed E-state index contributed by atoms with van der Waals surface area (Å²) in [6, 6.07) is 9.59. The maximum atomic E-state index is 12.9. The molecule has 2 N–H and O–H groups in total. The van der Waals surface area contributed by atoms with Crippen LogP contribution in [0.25, 0.3) is 0 Å². The molecule has 0 atom stereocenters. The van der Waals surface area contributed by atoms with Crippen molar-refractivity contribution in [2.45, 2.75) is 24.8 Å². The van der Waals surface area contributed by atoms with E-state index in [0.717, 1.165) is 42.9 Å². The van der Waals surface area contributed by atoms with Crippen molar-refractivity contribution in [2.75, 3.05) is 19.6 Å². The van der Waals surface area contributed by atoms with Gasteiger partial charge in [-0.2, -0.15) is 5.10 Å². The summed E-state index contributed by atoms with van der Waals surface area (Å²) in [7, 11) is 0. The van der Waals surface area contributed by atoms with Crippen LogP contribution >= 0.6 is 24.0 Å². The van der Waals surface area contributed by atoms with Crippen LogP contribution in [0.5, 0.6) is 0 Å². The Hall–Kier alpha value is -1.56. The molecule has 0 unspecified atom stereocenters. The first kappa shape index (κ1) is 18.8. The van der Waals surface area contributed by atoms with E-state index >= 15 is 0 Å². The quantitative estimate of drug-likeness (QED) is 0.851. The highest BCUT2D eigenvalue weighted by Gasteiger charge is 2.41. The first-order valence-electron chi connectivity index (χ1n) is 7.95. The first-order valence-corrected chi connectivity index (χ1v) is 8.33. The van der Waals surface area contributed by atoms with Gasteiger partial charge in [0.1, 0.15) is 5.54 Å². The SMILES string of the molecule is Cl.O=C(NCCc1ccccc1Cl)C1(n2cccn2)CCNCC1. The summed E-state index contributed by atoms with van der Waals surface area (Å²) < 4.78 is 1.80. The van der Waals surface area contributed by atoms with Crippen LogP contribution in [0.1, 0.15) is 18.4 Å². The number of halogens is 2. The zero-order valence-electron chi connectivity index (χ0n) is 13.4. The zero-order valence-corrected chi connectivity index (χ0v) is 14.9. The summed E-state index contributed by atoms with van der Waals surface area (Å²) in [6.07, 6.45) is 5.80. The molecule has 2 aromatic rings. The predicted octanol–water partition coefficient (Wildman–Crippen LogP) is 2.40. The third-order valence-electron chi connectivity index (χ3n) is 4.43. The molecule has 0 radical (unpaired) electrons. The number of amides is 1. The fraction of sp³-hybridized carbons (Fsp3) is 0.412. The highest BCUT2D eigenvalue weighted by molar-refractivity contribution is 6.31. The lowest BCUT2D eigenvalue weighted by atomic mass is 9.87. The lowest BCUT2D eigenvalue weighted by Gasteiger charge is -2.36. The molecule has 7 heteroatoms. The molecule has 2 heterocycles. The van der Waals surface area contributed by atoms with E-state index in [9.17, 15) is 4.79 Å². The van der Waals surface area contributed by atoms with Gasteiger partial charge in [-0.1, -0.05) is 29.8 Å². The standard InChI is InChI=1S/C17H21ClN4O.ClH/c18-15-5-2-1-4-14(15)6-10-20-16(23)17(7-11-19-12-8-17)22-13-3-9-21-22;/h1-5,9,13,19H,6-8,10-12H2,(H,20,23);1H. The Kier molecular flexibility index (Phi) is 6.66. The number of nitrogens with zero attached hydrogens (tertiary/aromatic N) is 2. The molecular weight excluding hydrogens is 347 g/mol. The van der Waals surface area contributed by atoms with E-state index in [2.05, 4.69) is 15.7 Å². The van der Waals surface area contributed by atoms with Crippen LogP contribution in [-0.2, 0) is 16.8 Å². The Morgan fingerprint density at radius 1 is 1.29 bits per heavy atom. The van der Waals surface area contributed by atoms with Crippen LogP contribution in [0, 0.1) is 0 Å². The van der Waals surface area contributed by atoms with Crippen LogP contribution in [0.3, 0.4) is 0 Å². The molecule has 1 amide bonds. The number of piperidine rings is 1. The van der Waals surface area contributed by atoms with Gasteiger partial charge in [0.05, 0.1) is 0 Å². The van der Waals surface area contributed by atoms with Crippen LogP contribution in [0.2, 0.25) is 5.02 Å². The van der Waals surface area contributed by atoms with Gasteiger partial charge in [-0.3, -0.25) is 9.48 Å². The zero-order chi connectivity index (χ0) is 16.1. The van der Waals surface area contributed by atoms with E-state index in [1.54, 1.807) is 10.9 Å². The van der Waals surface area contributed by atoms with Crippen LogP contribution in [0.15, 0.2) is 42.7 Å². The van der Waals surface area contributed by atoms with Gasteiger partial charge >= 0.3 is 0 Å². The predicted molar refractivity (Wildman–Crippen MR) is 97.7 cm³/mol. The maximum Gasteiger partial charge on any atom is 0.248 e. The second kappa shape index (κ2) is 8.51. The number of carbonyl (C=O) groups excluding carboxylic acids is 1. The Bertz CT molecular complexity index is 654. The molecule has 1 aliphatic rings. The van der Waals surface area contributed by atoms with Crippen LogP contribution in [0.4, 0.5) is 0 Å². The maximum absolute atomic E-state index is 12.9. The molecular formula is C17H22Cl2N4O. The molecule has 3 rings (SSSR count). The average Bonchev–Trinajstić information content (AvgIpc) is 3.12. The van der Waals surface area contributed by atoms with Crippen molar-refractivity contribution in [1.29, 1.82) is 0 Å². The smallest absolute Gasteiger partial charge is 0.248 e. The van der Waals surface area contributed by atoms with E-state index in [1.165, 1.54) is 0 Å². The van der Waals surface area contributed by atoms with Crippen molar-refractivity contribution in [2.24, 2.45) is 0 Å². The van der Waals surface area contributed by atoms with Crippen LogP contribution in [-0.4, -0.2) is 35.3 Å². The van der Waals surface area contributed by atoms with Gasteiger partial charge in [0.25, 0.3) is 0 Å². The largest absolute Gasteiger partial charge is 0.354 e. The molecule has 1 aromatic carbocycles. The summed E-state index contributed by atoms with van der Waals surface area (Å²) in [4.78, 5) is 12.9. The molecule has 24 heavy (non-hydrogen) atoms. The number of rotatable bonds is 5. The monoisotopic (exact) mass is 368 g/mol. The van der Waals surface area contributed by atoms with Gasteiger partial charge in [-0.15, -0.1) is 12.4 Å².